The van der Waals surface area contributed by atoms with Crippen LogP contribution in [0.1, 0.15) is 67.8 Å². The van der Waals surface area contributed by atoms with Crippen molar-refractivity contribution in [2.45, 2.75) is 77.2 Å². The van der Waals surface area contributed by atoms with Gasteiger partial charge in [0.1, 0.15) is 5.82 Å². The van der Waals surface area contributed by atoms with E-state index in [1.54, 1.807) is 0 Å². The van der Waals surface area contributed by atoms with Gasteiger partial charge in [0.15, 0.2) is 0 Å². The minimum atomic E-state index is -4.70. The van der Waals surface area contributed by atoms with Crippen LogP contribution in [0.5, 0.6) is 0 Å². The summed E-state index contributed by atoms with van der Waals surface area (Å²) in [6.45, 7) is 7.30. The number of halogens is 4. The molecule has 0 spiro atoms. The van der Waals surface area contributed by atoms with E-state index < -0.39 is 44.4 Å². The lowest BCUT2D eigenvalue weighted by molar-refractivity contribution is -0.122. The predicted octanol–water partition coefficient (Wildman–Crippen LogP) is 5.79. The standard InChI is InChI=1S/C34H44F4N4O3S/c1-4-31(20-24(2)34(36,37)38)46(44,45)40-32(27-10-13-29(35)14-11-27)22-33(43)39-30-7-5-6-28-21-25(8-9-26(28)12-15-30)23-42-18-16-41(3)17-19-42/h4,8-11,13-14,20-21,30,32,40H,5-7,12,15-19,22-23H2,1-3H3,(H,39,43)/b24-20+,31-4+/t30-,32-/m1/s1. The van der Waals surface area contributed by atoms with Crippen LogP contribution in [-0.2, 0) is 34.2 Å². The zero-order chi connectivity index (χ0) is 33.5. The molecule has 2 aromatic carbocycles. The number of rotatable bonds is 10. The van der Waals surface area contributed by atoms with Gasteiger partial charge in [-0.05, 0) is 93.5 Å². The van der Waals surface area contributed by atoms with Crippen molar-refractivity contribution in [1.82, 2.24) is 19.8 Å². The molecule has 0 aromatic heterocycles. The average Bonchev–Trinajstić information content (AvgIpc) is 2.98. The highest BCUT2D eigenvalue weighted by atomic mass is 32.2. The zero-order valence-corrected chi connectivity index (χ0v) is 27.5. The van der Waals surface area contributed by atoms with Crippen LogP contribution in [0.15, 0.2) is 65.1 Å². The van der Waals surface area contributed by atoms with Crippen LogP contribution in [0, 0.1) is 5.82 Å². The third-order valence-electron chi connectivity index (χ3n) is 8.76. The number of alkyl halides is 3. The van der Waals surface area contributed by atoms with E-state index in [9.17, 15) is 30.8 Å². The Balaban J connectivity index is 1.41. The van der Waals surface area contributed by atoms with Gasteiger partial charge in [-0.15, -0.1) is 0 Å². The number of carbonyl (C=O) groups excluding carboxylic acids is 1. The number of hydrogen-bond donors (Lipinski definition) is 2. The predicted molar refractivity (Wildman–Crippen MR) is 172 cm³/mol. The van der Waals surface area contributed by atoms with Crippen molar-refractivity contribution in [2.75, 3.05) is 33.2 Å². The molecular formula is C34H44F4N4O3S. The lowest BCUT2D eigenvalue weighted by Gasteiger charge is -2.32. The van der Waals surface area contributed by atoms with Gasteiger partial charge < -0.3 is 10.2 Å². The molecule has 0 bridgehead atoms. The number of piperazine rings is 1. The quantitative estimate of drug-likeness (QED) is 0.248. The molecule has 1 amide bonds. The number of fused-ring (bicyclic) bond motifs is 1. The molecule has 12 heteroatoms. The SMILES string of the molecule is C/C=C(\C=C(/C)C(F)(F)F)S(=O)(=O)N[C@H](CC(=O)N[C@@H]1CCCc2cc(CN3CCN(C)CC3)ccc2CC1)c1ccc(F)cc1. The number of sulfonamides is 1. The Morgan fingerprint density at radius 3 is 2.37 bits per heavy atom. The maximum Gasteiger partial charge on any atom is 0.412 e. The molecule has 1 aliphatic carbocycles. The van der Waals surface area contributed by atoms with E-state index in [1.807, 2.05) is 0 Å². The lowest BCUT2D eigenvalue weighted by Crippen LogP contribution is -2.43. The molecule has 0 saturated carbocycles. The summed E-state index contributed by atoms with van der Waals surface area (Å²) in [6.07, 6.45) is 0.620. The summed E-state index contributed by atoms with van der Waals surface area (Å²) < 4.78 is 81.9. The fourth-order valence-electron chi connectivity index (χ4n) is 5.94. The molecule has 1 fully saturated rings. The van der Waals surface area contributed by atoms with E-state index in [0.29, 0.717) is 18.1 Å². The summed E-state index contributed by atoms with van der Waals surface area (Å²) in [5.74, 6) is -0.955. The van der Waals surface area contributed by atoms with Gasteiger partial charge in [0.25, 0.3) is 0 Å². The van der Waals surface area contributed by atoms with Gasteiger partial charge in [-0.25, -0.2) is 17.5 Å². The Morgan fingerprint density at radius 1 is 1.02 bits per heavy atom. The summed E-state index contributed by atoms with van der Waals surface area (Å²) in [7, 11) is -2.32. The summed E-state index contributed by atoms with van der Waals surface area (Å²) in [5, 5.41) is 3.05. The Labute approximate surface area is 269 Å². The highest BCUT2D eigenvalue weighted by molar-refractivity contribution is 7.93. The number of nitrogens with zero attached hydrogens (tertiary/aromatic N) is 2. The smallest absolute Gasteiger partial charge is 0.353 e. The first-order chi connectivity index (χ1) is 21.7. The topological polar surface area (TPSA) is 81.7 Å². The van der Waals surface area contributed by atoms with Gasteiger partial charge in [0, 0.05) is 50.8 Å². The molecule has 0 unspecified atom stereocenters. The fraction of sp³-hybridized carbons (Fsp3) is 0.500. The van der Waals surface area contributed by atoms with Gasteiger partial charge in [0.2, 0.25) is 15.9 Å². The summed E-state index contributed by atoms with van der Waals surface area (Å²) >= 11 is 0. The van der Waals surface area contributed by atoms with Gasteiger partial charge in [-0.3, -0.25) is 9.69 Å². The second kappa shape index (κ2) is 15.7. The number of benzene rings is 2. The van der Waals surface area contributed by atoms with E-state index in [0.717, 1.165) is 83.5 Å². The Kier molecular flexibility index (Phi) is 12.2. The maximum atomic E-state index is 13.7. The van der Waals surface area contributed by atoms with Crippen molar-refractivity contribution in [3.8, 4) is 0 Å². The monoisotopic (exact) mass is 664 g/mol. The minimum absolute atomic E-state index is 0.125. The molecule has 2 aliphatic rings. The number of nitrogens with one attached hydrogen (secondary N) is 2. The number of aryl methyl sites for hydroxylation is 2. The molecule has 2 N–H and O–H groups in total. The van der Waals surface area contributed by atoms with Gasteiger partial charge in [-0.1, -0.05) is 36.4 Å². The largest absolute Gasteiger partial charge is 0.412 e. The second-order valence-corrected chi connectivity index (χ2v) is 14.0. The van der Waals surface area contributed by atoms with Crippen molar-refractivity contribution in [1.29, 1.82) is 0 Å². The number of hydrogen-bond acceptors (Lipinski definition) is 5. The third-order valence-corrected chi connectivity index (χ3v) is 10.3. The minimum Gasteiger partial charge on any atom is -0.353 e. The second-order valence-electron chi connectivity index (χ2n) is 12.3. The van der Waals surface area contributed by atoms with E-state index in [-0.39, 0.29) is 12.5 Å². The first kappa shape index (κ1) is 35.8. The first-order valence-electron chi connectivity index (χ1n) is 15.7. The molecule has 1 heterocycles. The fourth-order valence-corrected chi connectivity index (χ4v) is 7.31. The van der Waals surface area contributed by atoms with Crippen LogP contribution in [-0.4, -0.2) is 69.6 Å². The van der Waals surface area contributed by atoms with Crippen LogP contribution in [0.4, 0.5) is 17.6 Å². The molecule has 2 atom stereocenters. The van der Waals surface area contributed by atoms with Gasteiger partial charge >= 0.3 is 6.18 Å². The summed E-state index contributed by atoms with van der Waals surface area (Å²) in [5.41, 5.74) is 3.15. The number of allylic oxidation sites excluding steroid dienone is 3. The Morgan fingerprint density at radius 2 is 1.72 bits per heavy atom. The van der Waals surface area contributed by atoms with E-state index >= 15 is 0 Å². The maximum absolute atomic E-state index is 13.7. The van der Waals surface area contributed by atoms with Crippen LogP contribution >= 0.6 is 0 Å². The van der Waals surface area contributed by atoms with E-state index in [4.69, 9.17) is 0 Å². The van der Waals surface area contributed by atoms with Crippen molar-refractivity contribution >= 4 is 15.9 Å². The summed E-state index contributed by atoms with van der Waals surface area (Å²) in [6, 6.07) is 10.4. The molecule has 252 valence electrons. The number of carbonyl (C=O) groups is 1. The van der Waals surface area contributed by atoms with Crippen LogP contribution in [0.2, 0.25) is 0 Å². The molecule has 2 aromatic rings. The number of amides is 1. The molecule has 7 nitrogen and oxygen atoms in total. The van der Waals surface area contributed by atoms with Crippen LogP contribution < -0.4 is 10.0 Å². The molecule has 0 radical (unpaired) electrons. The molecule has 1 aliphatic heterocycles. The van der Waals surface area contributed by atoms with Crippen molar-refractivity contribution in [3.63, 3.8) is 0 Å². The highest BCUT2D eigenvalue weighted by Crippen LogP contribution is 2.28. The van der Waals surface area contributed by atoms with E-state index in [1.165, 1.54) is 35.7 Å². The van der Waals surface area contributed by atoms with Gasteiger partial charge in [-0.2, -0.15) is 13.2 Å². The Bertz CT molecular complexity index is 1520. The van der Waals surface area contributed by atoms with Crippen molar-refractivity contribution in [3.05, 3.63) is 93.2 Å². The normalized spacial score (nSPS) is 20.0. The average molecular weight is 665 g/mol. The van der Waals surface area contributed by atoms with Gasteiger partial charge in [0.05, 0.1) is 10.9 Å². The van der Waals surface area contributed by atoms with E-state index in [2.05, 4.69) is 45.1 Å². The van der Waals surface area contributed by atoms with Crippen molar-refractivity contribution in [2.24, 2.45) is 0 Å². The molecule has 46 heavy (non-hydrogen) atoms. The van der Waals surface area contributed by atoms with Crippen LogP contribution in [0.3, 0.4) is 0 Å². The zero-order valence-electron chi connectivity index (χ0n) is 26.7. The molecule has 1 saturated heterocycles. The van der Waals surface area contributed by atoms with Crippen molar-refractivity contribution < 1.29 is 30.8 Å². The highest BCUT2D eigenvalue weighted by Gasteiger charge is 2.32. The number of likely N-dealkylation sites (N-methyl/N-ethyl adjacent to an activating group) is 1. The van der Waals surface area contributed by atoms with Crippen LogP contribution in [0.25, 0.3) is 0 Å². The molecule has 4 rings (SSSR count). The third kappa shape index (κ3) is 10.2. The first-order valence-corrected chi connectivity index (χ1v) is 17.2. The Hall–Kier alpha value is -3.06. The summed E-state index contributed by atoms with van der Waals surface area (Å²) in [4.78, 5) is 17.5. The lowest BCUT2D eigenvalue weighted by atomic mass is 9.89. The molecular weight excluding hydrogens is 620 g/mol.